The maximum absolute atomic E-state index is 11.9. The largest absolute Gasteiger partial charge is 0.462 e. The maximum atomic E-state index is 11.9. The molecule has 6 heteroatoms. The first-order valence-corrected chi connectivity index (χ1v) is 6.51. The van der Waals surface area contributed by atoms with Crippen LogP contribution in [0.3, 0.4) is 0 Å². The molecule has 0 radical (unpaired) electrons. The van der Waals surface area contributed by atoms with Crippen LogP contribution in [-0.2, 0) is 9.53 Å². The molecular formula is C13H12N2O3S. The molecule has 0 fully saturated rings. The van der Waals surface area contributed by atoms with Crippen LogP contribution in [-0.4, -0.2) is 24.0 Å². The summed E-state index contributed by atoms with van der Waals surface area (Å²) in [4.78, 5) is 27.0. The Bertz CT molecular complexity index is 581. The van der Waals surface area contributed by atoms with Gasteiger partial charge in [0.05, 0.1) is 12.3 Å². The van der Waals surface area contributed by atoms with E-state index in [1.165, 1.54) is 0 Å². The summed E-state index contributed by atoms with van der Waals surface area (Å²) in [6, 6.07) is 9.29. The van der Waals surface area contributed by atoms with E-state index in [-0.39, 0.29) is 0 Å². The van der Waals surface area contributed by atoms with Gasteiger partial charge in [0.25, 0.3) is 0 Å². The van der Waals surface area contributed by atoms with Gasteiger partial charge in [0.15, 0.2) is 5.13 Å². The quantitative estimate of drug-likeness (QED) is 0.673. The van der Waals surface area contributed by atoms with E-state index >= 15 is 0 Å². The molecular weight excluding hydrogens is 264 g/mol. The van der Waals surface area contributed by atoms with Crippen LogP contribution in [0.1, 0.15) is 16.6 Å². The van der Waals surface area contributed by atoms with Gasteiger partial charge < -0.3 is 10.1 Å². The fraction of sp³-hybridized carbons (Fsp3) is 0.154. The molecule has 2 aromatic rings. The second-order valence-corrected chi connectivity index (χ2v) is 4.54. The number of nitrogens with zero attached hydrogens (tertiary/aromatic N) is 1. The number of esters is 1. The molecule has 98 valence electrons. The van der Waals surface area contributed by atoms with Gasteiger partial charge in [-0.15, -0.1) is 0 Å². The zero-order valence-electron chi connectivity index (χ0n) is 10.3. The lowest BCUT2D eigenvalue weighted by atomic mass is 10.1. The molecule has 0 aliphatic heterocycles. The molecule has 1 amide bonds. The third kappa shape index (κ3) is 2.97. The van der Waals surface area contributed by atoms with Crippen LogP contribution in [0.2, 0.25) is 0 Å². The number of rotatable bonds is 5. The van der Waals surface area contributed by atoms with Crippen LogP contribution in [0.15, 0.2) is 30.3 Å². The summed E-state index contributed by atoms with van der Waals surface area (Å²) in [6.07, 6.45) is 0.530. The smallest absolute Gasteiger partial charge is 0.350 e. The van der Waals surface area contributed by atoms with E-state index < -0.39 is 5.97 Å². The molecule has 5 nitrogen and oxygen atoms in total. The van der Waals surface area contributed by atoms with Gasteiger partial charge in [-0.2, -0.15) is 0 Å². The molecule has 1 aromatic carbocycles. The van der Waals surface area contributed by atoms with E-state index in [1.54, 1.807) is 6.92 Å². The van der Waals surface area contributed by atoms with Crippen LogP contribution in [0, 0.1) is 0 Å². The molecule has 2 rings (SSSR count). The Morgan fingerprint density at radius 1 is 1.42 bits per heavy atom. The third-order valence-electron chi connectivity index (χ3n) is 2.32. The van der Waals surface area contributed by atoms with Crippen LogP contribution in [0.25, 0.3) is 11.3 Å². The summed E-state index contributed by atoms with van der Waals surface area (Å²) in [5.74, 6) is -0.433. The third-order valence-corrected chi connectivity index (χ3v) is 3.28. The zero-order valence-corrected chi connectivity index (χ0v) is 11.1. The number of ether oxygens (including phenoxy) is 1. The molecule has 1 N–H and O–H groups in total. The maximum Gasteiger partial charge on any atom is 0.350 e. The lowest BCUT2D eigenvalue weighted by molar-refractivity contribution is -0.105. The Hall–Kier alpha value is -2.21. The molecule has 1 aromatic heterocycles. The minimum atomic E-state index is -0.433. The fourth-order valence-electron chi connectivity index (χ4n) is 1.56. The number of benzene rings is 1. The van der Waals surface area contributed by atoms with Crippen molar-refractivity contribution in [1.29, 1.82) is 0 Å². The monoisotopic (exact) mass is 276 g/mol. The summed E-state index contributed by atoms with van der Waals surface area (Å²) in [6.45, 7) is 2.03. The highest BCUT2D eigenvalue weighted by Crippen LogP contribution is 2.31. The Labute approximate surface area is 114 Å². The first-order chi connectivity index (χ1) is 9.26. The van der Waals surface area contributed by atoms with E-state index in [9.17, 15) is 9.59 Å². The summed E-state index contributed by atoms with van der Waals surface area (Å²) < 4.78 is 5.00. The van der Waals surface area contributed by atoms with E-state index in [4.69, 9.17) is 4.74 Å². The van der Waals surface area contributed by atoms with Crippen molar-refractivity contribution in [3.63, 3.8) is 0 Å². The topological polar surface area (TPSA) is 68.3 Å². The number of thiazole rings is 1. The van der Waals surface area contributed by atoms with E-state index in [2.05, 4.69) is 10.3 Å². The van der Waals surface area contributed by atoms with Crippen molar-refractivity contribution in [1.82, 2.24) is 4.98 Å². The minimum Gasteiger partial charge on any atom is -0.462 e. The number of nitrogens with one attached hydrogen (secondary N) is 1. The van der Waals surface area contributed by atoms with Crippen LogP contribution >= 0.6 is 11.3 Å². The van der Waals surface area contributed by atoms with Crippen molar-refractivity contribution in [3.8, 4) is 11.3 Å². The van der Waals surface area contributed by atoms with Gasteiger partial charge in [-0.3, -0.25) is 4.79 Å². The Kier molecular flexibility index (Phi) is 4.25. The van der Waals surface area contributed by atoms with E-state index in [0.29, 0.717) is 28.7 Å². The first kappa shape index (κ1) is 13.2. The summed E-state index contributed by atoms with van der Waals surface area (Å²) in [5, 5.41) is 2.83. The van der Waals surface area contributed by atoms with E-state index in [0.717, 1.165) is 16.9 Å². The van der Waals surface area contributed by atoms with Gasteiger partial charge >= 0.3 is 5.97 Å². The summed E-state index contributed by atoms with van der Waals surface area (Å²) in [7, 11) is 0. The number of aromatic nitrogens is 1. The molecule has 0 aliphatic carbocycles. The molecule has 0 aliphatic rings. The van der Waals surface area contributed by atoms with Gasteiger partial charge in [0.2, 0.25) is 6.41 Å². The standard InChI is InChI=1S/C13H12N2O3S/c1-2-18-12(17)11-10(9-6-4-3-5-7-9)15-13(19-11)14-8-16/h3-8H,2H2,1H3,(H,14,15,16). The van der Waals surface area contributed by atoms with Crippen LogP contribution < -0.4 is 5.32 Å². The molecule has 0 saturated heterocycles. The zero-order chi connectivity index (χ0) is 13.7. The fourth-order valence-corrected chi connectivity index (χ4v) is 2.40. The van der Waals surface area contributed by atoms with Crippen LogP contribution in [0.4, 0.5) is 5.13 Å². The van der Waals surface area contributed by atoms with Crippen molar-refractivity contribution < 1.29 is 14.3 Å². The number of anilines is 1. The van der Waals surface area contributed by atoms with Crippen LogP contribution in [0.5, 0.6) is 0 Å². The Balaban J connectivity index is 2.45. The molecule has 0 atom stereocenters. The normalized spacial score (nSPS) is 9.95. The van der Waals surface area contributed by atoms with Crippen molar-refractivity contribution >= 4 is 28.8 Å². The molecule has 0 unspecified atom stereocenters. The molecule has 0 spiro atoms. The summed E-state index contributed by atoms with van der Waals surface area (Å²) >= 11 is 1.10. The highest BCUT2D eigenvalue weighted by Gasteiger charge is 2.20. The van der Waals surface area contributed by atoms with Crippen molar-refractivity contribution in [2.45, 2.75) is 6.92 Å². The van der Waals surface area contributed by atoms with Gasteiger partial charge in [0, 0.05) is 5.56 Å². The average Bonchev–Trinajstić information content (AvgIpc) is 2.85. The Morgan fingerprint density at radius 2 is 2.16 bits per heavy atom. The first-order valence-electron chi connectivity index (χ1n) is 5.69. The van der Waals surface area contributed by atoms with Crippen molar-refractivity contribution in [2.75, 3.05) is 11.9 Å². The predicted molar refractivity (Wildman–Crippen MR) is 73.2 cm³/mol. The molecule has 0 saturated carbocycles. The van der Waals surface area contributed by atoms with Gasteiger partial charge in [0.1, 0.15) is 4.88 Å². The van der Waals surface area contributed by atoms with Crippen molar-refractivity contribution in [3.05, 3.63) is 35.2 Å². The predicted octanol–water partition coefficient (Wildman–Crippen LogP) is 2.56. The second-order valence-electron chi connectivity index (χ2n) is 3.55. The van der Waals surface area contributed by atoms with E-state index in [1.807, 2.05) is 30.3 Å². The second kappa shape index (κ2) is 6.10. The lowest BCUT2D eigenvalue weighted by Gasteiger charge is -2.01. The number of hydrogen-bond acceptors (Lipinski definition) is 5. The number of carbonyl (C=O) groups is 2. The van der Waals surface area contributed by atoms with Gasteiger partial charge in [-0.1, -0.05) is 41.7 Å². The number of hydrogen-bond donors (Lipinski definition) is 1. The highest BCUT2D eigenvalue weighted by atomic mass is 32.1. The Morgan fingerprint density at radius 3 is 2.79 bits per heavy atom. The van der Waals surface area contributed by atoms with Crippen molar-refractivity contribution in [2.24, 2.45) is 0 Å². The molecule has 19 heavy (non-hydrogen) atoms. The summed E-state index contributed by atoms with van der Waals surface area (Å²) in [5.41, 5.74) is 1.33. The number of carbonyl (C=O) groups excluding carboxylic acids is 2. The molecule has 1 heterocycles. The average molecular weight is 276 g/mol. The SMILES string of the molecule is CCOC(=O)c1sc(NC=O)nc1-c1ccccc1. The lowest BCUT2D eigenvalue weighted by Crippen LogP contribution is -2.03. The molecule has 0 bridgehead atoms. The van der Waals surface area contributed by atoms with Gasteiger partial charge in [-0.05, 0) is 6.92 Å². The van der Waals surface area contributed by atoms with Gasteiger partial charge in [-0.25, -0.2) is 9.78 Å². The number of amides is 1. The highest BCUT2D eigenvalue weighted by molar-refractivity contribution is 7.18. The minimum absolute atomic E-state index is 0.293.